The predicted octanol–water partition coefficient (Wildman–Crippen LogP) is 1.59. The van der Waals surface area contributed by atoms with Gasteiger partial charge in [-0.15, -0.1) is 0 Å². The first kappa shape index (κ1) is 20.0. The van der Waals surface area contributed by atoms with Gasteiger partial charge in [-0.2, -0.15) is 0 Å². The third-order valence-corrected chi connectivity index (χ3v) is 6.02. The Balaban J connectivity index is 1.63. The zero-order chi connectivity index (χ0) is 19.4. The minimum absolute atomic E-state index is 0.0661. The first-order valence-corrected chi connectivity index (χ1v) is 9.50. The number of carbonyl (C=O) groups excluding carboxylic acids is 1. The highest BCUT2D eigenvalue weighted by Crippen LogP contribution is 2.32. The van der Waals surface area contributed by atoms with Crippen LogP contribution < -0.4 is 4.74 Å². The molecule has 0 bridgehead atoms. The lowest BCUT2D eigenvalue weighted by Crippen LogP contribution is -2.64. The minimum atomic E-state index is -0.316. The third-order valence-electron chi connectivity index (χ3n) is 6.02. The SMILES string of the molecule is COCC(=O)N1CCC2(CC1)CN(Cc1ccc(OC)c(F)c1)CCN2C. The van der Waals surface area contributed by atoms with Gasteiger partial charge in [0.15, 0.2) is 11.6 Å². The molecule has 0 aliphatic carbocycles. The summed E-state index contributed by atoms with van der Waals surface area (Å²) in [5.41, 5.74) is 1.04. The van der Waals surface area contributed by atoms with E-state index in [4.69, 9.17) is 9.47 Å². The number of rotatable bonds is 5. The van der Waals surface area contributed by atoms with Gasteiger partial charge in [0.05, 0.1) is 7.11 Å². The number of piperazine rings is 1. The predicted molar refractivity (Wildman–Crippen MR) is 101 cm³/mol. The normalized spacial score (nSPS) is 20.8. The van der Waals surface area contributed by atoms with E-state index < -0.39 is 0 Å². The summed E-state index contributed by atoms with van der Waals surface area (Å²) >= 11 is 0. The number of ether oxygens (including phenoxy) is 2. The van der Waals surface area contributed by atoms with Crippen molar-refractivity contribution in [3.63, 3.8) is 0 Å². The van der Waals surface area contributed by atoms with Gasteiger partial charge < -0.3 is 14.4 Å². The van der Waals surface area contributed by atoms with E-state index >= 15 is 0 Å². The van der Waals surface area contributed by atoms with E-state index in [1.807, 2.05) is 11.0 Å². The number of likely N-dealkylation sites (N-methyl/N-ethyl adjacent to an activating group) is 1. The van der Waals surface area contributed by atoms with Gasteiger partial charge in [-0.1, -0.05) is 6.07 Å². The van der Waals surface area contributed by atoms with Gasteiger partial charge in [0.2, 0.25) is 5.91 Å². The van der Waals surface area contributed by atoms with Crippen LogP contribution in [0.4, 0.5) is 4.39 Å². The number of amides is 1. The average molecular weight is 379 g/mol. The van der Waals surface area contributed by atoms with Crippen LogP contribution in [-0.2, 0) is 16.1 Å². The van der Waals surface area contributed by atoms with Crippen LogP contribution in [0.1, 0.15) is 18.4 Å². The number of hydrogen-bond acceptors (Lipinski definition) is 5. The summed E-state index contributed by atoms with van der Waals surface area (Å²) < 4.78 is 24.0. The van der Waals surface area contributed by atoms with Crippen LogP contribution in [0.5, 0.6) is 5.75 Å². The van der Waals surface area contributed by atoms with Crippen LogP contribution in [0.25, 0.3) is 0 Å². The Morgan fingerprint density at radius 3 is 2.56 bits per heavy atom. The zero-order valence-corrected chi connectivity index (χ0v) is 16.5. The molecule has 0 unspecified atom stereocenters. The van der Waals surface area contributed by atoms with Crippen molar-refractivity contribution >= 4 is 5.91 Å². The molecule has 0 atom stereocenters. The van der Waals surface area contributed by atoms with Crippen LogP contribution in [0.15, 0.2) is 18.2 Å². The van der Waals surface area contributed by atoms with E-state index in [1.165, 1.54) is 7.11 Å². The molecule has 7 heteroatoms. The van der Waals surface area contributed by atoms with Crippen molar-refractivity contribution in [2.24, 2.45) is 0 Å². The van der Waals surface area contributed by atoms with Crippen LogP contribution in [0, 0.1) is 5.82 Å². The Bertz CT molecular complexity index is 662. The summed E-state index contributed by atoms with van der Waals surface area (Å²) in [4.78, 5) is 18.8. The first-order chi connectivity index (χ1) is 13.0. The molecule has 2 aliphatic rings. The topological polar surface area (TPSA) is 45.3 Å². The number of nitrogens with zero attached hydrogens (tertiary/aromatic N) is 3. The Morgan fingerprint density at radius 1 is 1.19 bits per heavy atom. The summed E-state index contributed by atoms with van der Waals surface area (Å²) in [7, 11) is 5.21. The summed E-state index contributed by atoms with van der Waals surface area (Å²) in [6, 6.07) is 5.19. The van der Waals surface area contributed by atoms with Crippen molar-refractivity contribution in [3.05, 3.63) is 29.6 Å². The molecule has 1 amide bonds. The van der Waals surface area contributed by atoms with Crippen LogP contribution in [0.2, 0.25) is 0 Å². The summed E-state index contributed by atoms with van der Waals surface area (Å²) in [6.45, 7) is 5.27. The molecule has 0 saturated carbocycles. The fraction of sp³-hybridized carbons (Fsp3) is 0.650. The second kappa shape index (κ2) is 8.54. The largest absolute Gasteiger partial charge is 0.494 e. The number of likely N-dealkylation sites (tertiary alicyclic amines) is 1. The highest BCUT2D eigenvalue weighted by molar-refractivity contribution is 5.77. The van der Waals surface area contributed by atoms with Gasteiger partial charge >= 0.3 is 0 Å². The molecule has 2 aliphatic heterocycles. The standard InChI is InChI=1S/C20H30FN3O3/c1-22-10-11-23(13-16-4-5-18(27-3)17(21)12-16)15-20(22)6-8-24(9-7-20)19(25)14-26-2/h4-5,12H,6-11,13-15H2,1-3H3. The maximum absolute atomic E-state index is 14.0. The molecule has 2 heterocycles. The lowest BCUT2D eigenvalue weighted by Gasteiger charge is -2.53. The van der Waals surface area contributed by atoms with Crippen molar-refractivity contribution in [1.82, 2.24) is 14.7 Å². The Labute approximate surface area is 160 Å². The van der Waals surface area contributed by atoms with Gasteiger partial charge in [0.1, 0.15) is 6.61 Å². The van der Waals surface area contributed by atoms with Crippen molar-refractivity contribution < 1.29 is 18.7 Å². The molecule has 1 spiro atoms. The molecule has 3 rings (SSSR count). The molecule has 2 fully saturated rings. The Kier molecular flexibility index (Phi) is 6.34. The molecule has 0 N–H and O–H groups in total. The van der Waals surface area contributed by atoms with Crippen LogP contribution >= 0.6 is 0 Å². The fourth-order valence-electron chi connectivity index (χ4n) is 4.27. The molecule has 2 saturated heterocycles. The average Bonchev–Trinajstić information content (AvgIpc) is 2.66. The van der Waals surface area contributed by atoms with Crippen molar-refractivity contribution in [2.45, 2.75) is 24.9 Å². The number of hydrogen-bond donors (Lipinski definition) is 0. The van der Waals surface area contributed by atoms with E-state index in [0.29, 0.717) is 0 Å². The maximum Gasteiger partial charge on any atom is 0.248 e. The third kappa shape index (κ3) is 4.42. The molecule has 1 aromatic carbocycles. The highest BCUT2D eigenvalue weighted by Gasteiger charge is 2.42. The van der Waals surface area contributed by atoms with Gasteiger partial charge in [-0.3, -0.25) is 14.6 Å². The van der Waals surface area contributed by atoms with Gasteiger partial charge in [-0.25, -0.2) is 4.39 Å². The van der Waals surface area contributed by atoms with E-state index in [2.05, 4.69) is 16.8 Å². The quantitative estimate of drug-likeness (QED) is 0.778. The minimum Gasteiger partial charge on any atom is -0.494 e. The second-order valence-corrected chi connectivity index (χ2v) is 7.64. The lowest BCUT2D eigenvalue weighted by atomic mass is 9.83. The van der Waals surface area contributed by atoms with Crippen molar-refractivity contribution in [1.29, 1.82) is 0 Å². The smallest absolute Gasteiger partial charge is 0.248 e. The fourth-order valence-corrected chi connectivity index (χ4v) is 4.27. The summed E-state index contributed by atoms with van der Waals surface area (Å²) in [6.07, 6.45) is 1.90. The Morgan fingerprint density at radius 2 is 1.93 bits per heavy atom. The zero-order valence-electron chi connectivity index (χ0n) is 16.5. The lowest BCUT2D eigenvalue weighted by molar-refractivity contribution is -0.138. The van der Waals surface area contributed by atoms with Gasteiger partial charge in [0.25, 0.3) is 0 Å². The van der Waals surface area contributed by atoms with E-state index in [0.717, 1.165) is 57.7 Å². The first-order valence-electron chi connectivity index (χ1n) is 9.50. The van der Waals surface area contributed by atoms with Crippen LogP contribution in [0.3, 0.4) is 0 Å². The number of methoxy groups -OCH3 is 2. The molecular weight excluding hydrogens is 349 g/mol. The molecule has 150 valence electrons. The number of halogens is 1. The van der Waals surface area contributed by atoms with E-state index in [9.17, 15) is 9.18 Å². The number of piperidine rings is 1. The summed E-state index contributed by atoms with van der Waals surface area (Å²) in [5.74, 6) is 0.0295. The molecular formula is C20H30FN3O3. The monoisotopic (exact) mass is 379 g/mol. The highest BCUT2D eigenvalue weighted by atomic mass is 19.1. The molecule has 0 aromatic heterocycles. The molecule has 0 radical (unpaired) electrons. The molecule has 6 nitrogen and oxygen atoms in total. The second-order valence-electron chi connectivity index (χ2n) is 7.64. The van der Waals surface area contributed by atoms with E-state index in [-0.39, 0.29) is 29.6 Å². The number of benzene rings is 1. The van der Waals surface area contributed by atoms with Crippen molar-refractivity contribution in [2.75, 3.05) is 60.6 Å². The summed E-state index contributed by atoms with van der Waals surface area (Å²) in [5, 5.41) is 0. The van der Waals surface area contributed by atoms with Gasteiger partial charge in [-0.05, 0) is 37.6 Å². The maximum atomic E-state index is 14.0. The number of carbonyl (C=O) groups is 1. The molecule has 27 heavy (non-hydrogen) atoms. The van der Waals surface area contributed by atoms with Crippen LogP contribution in [-0.4, -0.2) is 86.7 Å². The Hall–Kier alpha value is -1.70. The molecule has 1 aromatic rings. The van der Waals surface area contributed by atoms with Crippen molar-refractivity contribution in [3.8, 4) is 5.75 Å². The van der Waals surface area contributed by atoms with Gasteiger partial charge in [0, 0.05) is 51.9 Å². The van der Waals surface area contributed by atoms with E-state index in [1.54, 1.807) is 19.2 Å².